The molecule has 5 heteroatoms. The zero-order valence-corrected chi connectivity index (χ0v) is 11.1. The van der Waals surface area contributed by atoms with Crippen LogP contribution >= 0.6 is 27.3 Å². The Morgan fingerprint density at radius 2 is 2.44 bits per heavy atom. The molecule has 1 aromatic heterocycles. The monoisotopic (exact) mass is 300 g/mol. The summed E-state index contributed by atoms with van der Waals surface area (Å²) in [7, 11) is 0. The normalized spacial score (nSPS) is 11.8. The summed E-state index contributed by atoms with van der Waals surface area (Å²) in [5.41, 5.74) is 5.55. The Balaban J connectivity index is 2.25. The van der Waals surface area contributed by atoms with Crippen molar-refractivity contribution < 1.29 is 4.79 Å². The Hall–Kier alpha value is -0.830. The van der Waals surface area contributed by atoms with Crippen LogP contribution in [0.4, 0.5) is 0 Å². The van der Waals surface area contributed by atoms with Crippen molar-refractivity contribution >= 4 is 33.2 Å². The average molecular weight is 301 g/mol. The largest absolute Gasteiger partial charge is 0.354 e. The van der Waals surface area contributed by atoms with Gasteiger partial charge in [0, 0.05) is 17.8 Å². The number of amides is 1. The molecule has 0 saturated carbocycles. The molecule has 1 atom stereocenters. The van der Waals surface area contributed by atoms with Crippen LogP contribution in [-0.2, 0) is 11.2 Å². The minimum atomic E-state index is -0.597. The topological polar surface area (TPSA) is 55.1 Å². The molecular weight excluding hydrogens is 288 g/mol. The Morgan fingerprint density at radius 1 is 1.69 bits per heavy atom. The quantitative estimate of drug-likeness (QED) is 0.810. The van der Waals surface area contributed by atoms with Crippen molar-refractivity contribution in [2.75, 3.05) is 6.54 Å². The summed E-state index contributed by atoms with van der Waals surface area (Å²) in [6, 6.07) is 3.42. The predicted octanol–water partition coefficient (Wildman–Crippen LogP) is 1.52. The third-order valence-electron chi connectivity index (χ3n) is 1.97. The maximum absolute atomic E-state index is 11.4. The first-order valence-corrected chi connectivity index (χ1v) is 6.45. The summed E-state index contributed by atoms with van der Waals surface area (Å²) in [4.78, 5) is 12.6. The summed E-state index contributed by atoms with van der Waals surface area (Å²) in [6.45, 7) is 0.587. The van der Waals surface area contributed by atoms with Crippen molar-refractivity contribution in [3.05, 3.63) is 20.8 Å². The third-order valence-corrected chi connectivity index (χ3v) is 3.66. The number of thiophene rings is 1. The van der Waals surface area contributed by atoms with Crippen molar-refractivity contribution in [1.29, 1.82) is 0 Å². The second kappa shape index (κ2) is 6.69. The van der Waals surface area contributed by atoms with Crippen LogP contribution in [0.3, 0.4) is 0 Å². The lowest BCUT2D eigenvalue weighted by atomic mass is 10.2. The van der Waals surface area contributed by atoms with Gasteiger partial charge in [0.25, 0.3) is 0 Å². The first-order valence-electron chi connectivity index (χ1n) is 4.84. The van der Waals surface area contributed by atoms with Gasteiger partial charge in [-0.3, -0.25) is 4.79 Å². The standard InChI is InChI=1S/C11H13BrN2OS/c1-2-3-9(13)11(15)14-7-6-8-4-5-10(12)16-8/h1,4-5,9H,3,6-7,13H2,(H,14,15). The number of nitrogens with two attached hydrogens (primary N) is 1. The van der Waals surface area contributed by atoms with Crippen molar-refractivity contribution in [3.8, 4) is 12.3 Å². The Kier molecular flexibility index (Phi) is 5.53. The van der Waals surface area contributed by atoms with Gasteiger partial charge in [-0.2, -0.15) is 0 Å². The molecule has 86 valence electrons. The van der Waals surface area contributed by atoms with Crippen molar-refractivity contribution in [2.45, 2.75) is 18.9 Å². The lowest BCUT2D eigenvalue weighted by Crippen LogP contribution is -2.41. The van der Waals surface area contributed by atoms with Crippen LogP contribution in [0.1, 0.15) is 11.3 Å². The van der Waals surface area contributed by atoms with Gasteiger partial charge in [0.2, 0.25) is 5.91 Å². The average Bonchev–Trinajstić information content (AvgIpc) is 2.64. The summed E-state index contributed by atoms with van der Waals surface area (Å²) < 4.78 is 1.10. The van der Waals surface area contributed by atoms with Gasteiger partial charge in [-0.15, -0.1) is 23.7 Å². The highest BCUT2D eigenvalue weighted by molar-refractivity contribution is 9.11. The van der Waals surface area contributed by atoms with E-state index in [0.717, 1.165) is 10.2 Å². The second-order valence-electron chi connectivity index (χ2n) is 3.26. The molecule has 1 unspecified atom stereocenters. The lowest BCUT2D eigenvalue weighted by molar-refractivity contribution is -0.122. The molecule has 0 radical (unpaired) electrons. The molecule has 16 heavy (non-hydrogen) atoms. The van der Waals surface area contributed by atoms with Crippen LogP contribution < -0.4 is 11.1 Å². The van der Waals surface area contributed by atoms with Gasteiger partial charge in [0.1, 0.15) is 0 Å². The predicted molar refractivity (Wildman–Crippen MR) is 70.2 cm³/mol. The molecule has 1 aromatic rings. The zero-order valence-electron chi connectivity index (χ0n) is 8.70. The number of nitrogens with one attached hydrogen (secondary N) is 1. The van der Waals surface area contributed by atoms with E-state index in [9.17, 15) is 4.79 Å². The van der Waals surface area contributed by atoms with Crippen LogP contribution in [-0.4, -0.2) is 18.5 Å². The summed E-state index contributed by atoms with van der Waals surface area (Å²) in [5, 5.41) is 2.76. The molecule has 3 N–H and O–H groups in total. The highest BCUT2D eigenvalue weighted by atomic mass is 79.9. The van der Waals surface area contributed by atoms with Crippen LogP contribution in [0.15, 0.2) is 15.9 Å². The number of hydrogen-bond donors (Lipinski definition) is 2. The van der Waals surface area contributed by atoms with Crippen LogP contribution in [0.25, 0.3) is 0 Å². The molecule has 0 saturated heterocycles. The van der Waals surface area contributed by atoms with E-state index in [1.165, 1.54) is 4.88 Å². The van der Waals surface area contributed by atoms with E-state index < -0.39 is 6.04 Å². The first-order chi connectivity index (χ1) is 7.63. The molecule has 1 heterocycles. The maximum Gasteiger partial charge on any atom is 0.237 e. The Labute approximate surface area is 108 Å². The van der Waals surface area contributed by atoms with Gasteiger partial charge in [0.15, 0.2) is 0 Å². The minimum Gasteiger partial charge on any atom is -0.354 e. The summed E-state index contributed by atoms with van der Waals surface area (Å²) in [6.07, 6.45) is 6.16. The molecule has 0 aliphatic heterocycles. The van der Waals surface area contributed by atoms with Gasteiger partial charge >= 0.3 is 0 Å². The fourth-order valence-electron chi connectivity index (χ4n) is 1.15. The summed E-state index contributed by atoms with van der Waals surface area (Å²) in [5.74, 6) is 2.18. The fourth-order valence-corrected chi connectivity index (χ4v) is 2.63. The summed E-state index contributed by atoms with van der Waals surface area (Å²) >= 11 is 5.05. The smallest absolute Gasteiger partial charge is 0.237 e. The number of rotatable bonds is 5. The van der Waals surface area contributed by atoms with Crippen molar-refractivity contribution in [2.24, 2.45) is 5.73 Å². The molecular formula is C11H13BrN2OS. The number of halogens is 1. The van der Waals surface area contributed by atoms with Gasteiger partial charge in [-0.05, 0) is 34.5 Å². The van der Waals surface area contributed by atoms with Crippen LogP contribution in [0.5, 0.6) is 0 Å². The minimum absolute atomic E-state index is 0.187. The molecule has 1 amide bonds. The molecule has 3 nitrogen and oxygen atoms in total. The number of hydrogen-bond acceptors (Lipinski definition) is 3. The van der Waals surface area contributed by atoms with Crippen molar-refractivity contribution in [3.63, 3.8) is 0 Å². The van der Waals surface area contributed by atoms with E-state index in [4.69, 9.17) is 12.2 Å². The lowest BCUT2D eigenvalue weighted by Gasteiger charge is -2.08. The number of terminal acetylenes is 1. The maximum atomic E-state index is 11.4. The fraction of sp³-hybridized carbons (Fsp3) is 0.364. The Morgan fingerprint density at radius 3 is 3.00 bits per heavy atom. The van der Waals surface area contributed by atoms with E-state index >= 15 is 0 Å². The van der Waals surface area contributed by atoms with Crippen molar-refractivity contribution in [1.82, 2.24) is 5.32 Å². The molecule has 0 aromatic carbocycles. The van der Waals surface area contributed by atoms with Gasteiger partial charge in [-0.1, -0.05) is 0 Å². The van der Waals surface area contributed by atoms with E-state index in [1.54, 1.807) is 11.3 Å². The van der Waals surface area contributed by atoms with Gasteiger partial charge < -0.3 is 11.1 Å². The molecule has 0 aliphatic carbocycles. The second-order valence-corrected chi connectivity index (χ2v) is 5.81. The highest BCUT2D eigenvalue weighted by Gasteiger charge is 2.10. The van der Waals surface area contributed by atoms with E-state index in [1.807, 2.05) is 12.1 Å². The highest BCUT2D eigenvalue weighted by Crippen LogP contribution is 2.21. The molecule has 0 spiro atoms. The van der Waals surface area contributed by atoms with Crippen LogP contribution in [0, 0.1) is 12.3 Å². The zero-order chi connectivity index (χ0) is 12.0. The third kappa shape index (κ3) is 4.35. The van der Waals surface area contributed by atoms with Gasteiger partial charge in [0.05, 0.1) is 9.83 Å². The van der Waals surface area contributed by atoms with E-state index in [-0.39, 0.29) is 12.3 Å². The molecule has 0 bridgehead atoms. The SMILES string of the molecule is C#CCC(N)C(=O)NCCc1ccc(Br)s1. The molecule has 1 rings (SSSR count). The first kappa shape index (κ1) is 13.2. The number of carbonyl (C=O) groups excluding carboxylic acids is 1. The van der Waals surface area contributed by atoms with E-state index in [2.05, 4.69) is 27.2 Å². The molecule has 0 fully saturated rings. The number of carbonyl (C=O) groups is 1. The van der Waals surface area contributed by atoms with Gasteiger partial charge in [-0.25, -0.2) is 0 Å². The molecule has 0 aliphatic rings. The van der Waals surface area contributed by atoms with E-state index in [0.29, 0.717) is 6.54 Å². The van der Waals surface area contributed by atoms with Crippen LogP contribution in [0.2, 0.25) is 0 Å². The Bertz CT molecular complexity index is 397.